The fourth-order valence-corrected chi connectivity index (χ4v) is 2.54. The number of primary sulfonamides is 1. The standard InChI is InChI=1S/C10H16BNO4S/c1-2-3-5-8-9(11(13)14)6-4-7-10(8)17(12,15)16/h4,6-7,13-14H,2-3,5H2,1H3,(H2,12,15,16). The normalized spacial score (nSPS) is 11.5. The Morgan fingerprint density at radius 1 is 1.35 bits per heavy atom. The highest BCUT2D eigenvalue weighted by atomic mass is 32.2. The van der Waals surface area contributed by atoms with E-state index in [0.29, 0.717) is 12.0 Å². The minimum atomic E-state index is -3.84. The third kappa shape index (κ3) is 3.54. The van der Waals surface area contributed by atoms with Crippen LogP contribution in [0.5, 0.6) is 0 Å². The summed E-state index contributed by atoms with van der Waals surface area (Å²) in [6.07, 6.45) is 2.09. The van der Waals surface area contributed by atoms with Crippen LogP contribution in [0.3, 0.4) is 0 Å². The number of unbranched alkanes of at least 4 members (excludes halogenated alkanes) is 1. The van der Waals surface area contributed by atoms with E-state index in [0.717, 1.165) is 12.8 Å². The Hall–Kier alpha value is -0.885. The first-order valence-corrected chi connectivity index (χ1v) is 6.93. The van der Waals surface area contributed by atoms with Crippen LogP contribution in [0.15, 0.2) is 23.1 Å². The second kappa shape index (κ2) is 5.64. The highest BCUT2D eigenvalue weighted by Crippen LogP contribution is 2.15. The summed E-state index contributed by atoms with van der Waals surface area (Å²) in [4.78, 5) is -0.0310. The second-order valence-electron chi connectivity index (χ2n) is 3.85. The van der Waals surface area contributed by atoms with Crippen molar-refractivity contribution in [3.63, 3.8) is 0 Å². The zero-order chi connectivity index (χ0) is 13.1. The number of nitrogens with two attached hydrogens (primary N) is 1. The molecule has 0 saturated heterocycles. The second-order valence-corrected chi connectivity index (χ2v) is 5.38. The van der Waals surface area contributed by atoms with E-state index in [1.165, 1.54) is 18.2 Å². The van der Waals surface area contributed by atoms with E-state index in [1.807, 2.05) is 6.92 Å². The Balaban J connectivity index is 3.34. The molecule has 0 fully saturated rings. The summed E-state index contributed by atoms with van der Waals surface area (Å²) >= 11 is 0. The maximum absolute atomic E-state index is 11.4. The molecule has 0 aliphatic rings. The van der Waals surface area contributed by atoms with Gasteiger partial charge in [0.05, 0.1) is 4.90 Å². The maximum atomic E-state index is 11.4. The van der Waals surface area contributed by atoms with Gasteiger partial charge in [-0.3, -0.25) is 0 Å². The molecule has 17 heavy (non-hydrogen) atoms. The van der Waals surface area contributed by atoms with Gasteiger partial charge < -0.3 is 10.0 Å². The van der Waals surface area contributed by atoms with E-state index >= 15 is 0 Å². The quantitative estimate of drug-likeness (QED) is 0.610. The Bertz CT molecular complexity index is 487. The summed E-state index contributed by atoms with van der Waals surface area (Å²) in [6.45, 7) is 1.97. The largest absolute Gasteiger partial charge is 0.488 e. The lowest BCUT2D eigenvalue weighted by Crippen LogP contribution is -2.35. The molecular weight excluding hydrogens is 241 g/mol. The summed E-state index contributed by atoms with van der Waals surface area (Å²) in [7, 11) is -5.53. The van der Waals surface area contributed by atoms with Crippen molar-refractivity contribution in [1.29, 1.82) is 0 Å². The van der Waals surface area contributed by atoms with Gasteiger partial charge in [0, 0.05) is 0 Å². The molecule has 0 aromatic heterocycles. The van der Waals surface area contributed by atoms with Crippen LogP contribution in [-0.4, -0.2) is 25.6 Å². The smallest absolute Gasteiger partial charge is 0.423 e. The fraction of sp³-hybridized carbons (Fsp3) is 0.400. The van der Waals surface area contributed by atoms with Gasteiger partial charge in [0.15, 0.2) is 0 Å². The maximum Gasteiger partial charge on any atom is 0.488 e. The molecule has 1 aromatic carbocycles. The van der Waals surface area contributed by atoms with E-state index < -0.39 is 17.1 Å². The molecular formula is C10H16BNO4S. The number of benzene rings is 1. The molecule has 5 nitrogen and oxygen atoms in total. The van der Waals surface area contributed by atoms with Gasteiger partial charge in [-0.25, -0.2) is 13.6 Å². The summed E-state index contributed by atoms with van der Waals surface area (Å²) < 4.78 is 22.8. The first-order valence-electron chi connectivity index (χ1n) is 5.38. The van der Waals surface area contributed by atoms with Crippen molar-refractivity contribution in [3.8, 4) is 0 Å². The molecule has 4 N–H and O–H groups in total. The predicted octanol–water partition coefficient (Wildman–Crippen LogP) is -0.644. The van der Waals surface area contributed by atoms with Gasteiger partial charge in [-0.2, -0.15) is 0 Å². The number of hydrogen-bond acceptors (Lipinski definition) is 4. The van der Waals surface area contributed by atoms with Gasteiger partial charge in [0.1, 0.15) is 0 Å². The van der Waals surface area contributed by atoms with Crippen molar-refractivity contribution < 1.29 is 18.5 Å². The average Bonchev–Trinajstić information content (AvgIpc) is 2.24. The van der Waals surface area contributed by atoms with Crippen molar-refractivity contribution in [1.82, 2.24) is 0 Å². The average molecular weight is 257 g/mol. The molecule has 0 saturated carbocycles. The number of hydrogen-bond donors (Lipinski definition) is 3. The fourth-order valence-electron chi connectivity index (χ4n) is 1.71. The van der Waals surface area contributed by atoms with Gasteiger partial charge in [-0.1, -0.05) is 25.5 Å². The lowest BCUT2D eigenvalue weighted by molar-refractivity contribution is 0.425. The molecule has 7 heteroatoms. The first kappa shape index (κ1) is 14.2. The van der Waals surface area contributed by atoms with Gasteiger partial charge in [0.2, 0.25) is 10.0 Å². The van der Waals surface area contributed by atoms with E-state index in [9.17, 15) is 18.5 Å². The van der Waals surface area contributed by atoms with Crippen molar-refractivity contribution in [2.45, 2.75) is 31.1 Å². The topological polar surface area (TPSA) is 101 Å². The summed E-state index contributed by atoms with van der Waals surface area (Å²) in [5, 5.41) is 23.5. The third-order valence-electron chi connectivity index (χ3n) is 2.53. The Morgan fingerprint density at radius 3 is 2.47 bits per heavy atom. The molecule has 94 valence electrons. The van der Waals surface area contributed by atoms with Crippen LogP contribution in [0.1, 0.15) is 25.3 Å². The van der Waals surface area contributed by atoms with Crippen LogP contribution in [0.2, 0.25) is 0 Å². The lowest BCUT2D eigenvalue weighted by Gasteiger charge is -2.12. The monoisotopic (exact) mass is 257 g/mol. The minimum absolute atomic E-state index is 0.0310. The number of rotatable bonds is 5. The molecule has 1 aromatic rings. The van der Waals surface area contributed by atoms with Gasteiger partial charge in [0.25, 0.3) is 0 Å². The SMILES string of the molecule is CCCCc1c(B(O)O)cccc1S(N)(=O)=O. The molecule has 0 bridgehead atoms. The molecule has 0 heterocycles. The Morgan fingerprint density at radius 2 is 2.00 bits per heavy atom. The molecule has 1 rings (SSSR count). The third-order valence-corrected chi connectivity index (χ3v) is 3.53. The zero-order valence-electron chi connectivity index (χ0n) is 9.63. The Kier molecular flexibility index (Phi) is 4.70. The van der Waals surface area contributed by atoms with Crippen molar-refractivity contribution in [3.05, 3.63) is 23.8 Å². The van der Waals surface area contributed by atoms with E-state index in [2.05, 4.69) is 0 Å². The highest BCUT2D eigenvalue weighted by Gasteiger charge is 2.22. The van der Waals surface area contributed by atoms with Crippen LogP contribution < -0.4 is 10.6 Å². The molecule has 0 unspecified atom stereocenters. The zero-order valence-corrected chi connectivity index (χ0v) is 10.4. The van der Waals surface area contributed by atoms with E-state index in [-0.39, 0.29) is 10.4 Å². The Labute approximate surface area is 101 Å². The summed E-state index contributed by atoms with van der Waals surface area (Å²) in [5.74, 6) is 0. The highest BCUT2D eigenvalue weighted by molar-refractivity contribution is 7.89. The first-order chi connectivity index (χ1) is 7.88. The van der Waals surface area contributed by atoms with Crippen LogP contribution in [0.25, 0.3) is 0 Å². The van der Waals surface area contributed by atoms with Crippen LogP contribution in [-0.2, 0) is 16.4 Å². The van der Waals surface area contributed by atoms with Crippen LogP contribution >= 0.6 is 0 Å². The molecule has 0 amide bonds. The number of sulfonamides is 1. The summed E-state index contributed by atoms with van der Waals surface area (Å²) in [5.41, 5.74) is 0.594. The lowest BCUT2D eigenvalue weighted by atomic mass is 9.76. The minimum Gasteiger partial charge on any atom is -0.423 e. The molecule has 0 aliphatic carbocycles. The van der Waals surface area contributed by atoms with E-state index in [1.54, 1.807) is 0 Å². The van der Waals surface area contributed by atoms with E-state index in [4.69, 9.17) is 5.14 Å². The van der Waals surface area contributed by atoms with Crippen molar-refractivity contribution in [2.75, 3.05) is 0 Å². The predicted molar refractivity (Wildman–Crippen MR) is 66.3 cm³/mol. The van der Waals surface area contributed by atoms with Gasteiger partial charge >= 0.3 is 7.12 Å². The molecule has 0 aliphatic heterocycles. The van der Waals surface area contributed by atoms with Gasteiger partial charge in [-0.05, 0) is 29.9 Å². The van der Waals surface area contributed by atoms with Crippen molar-refractivity contribution in [2.24, 2.45) is 5.14 Å². The van der Waals surface area contributed by atoms with Crippen LogP contribution in [0, 0.1) is 0 Å². The van der Waals surface area contributed by atoms with Gasteiger partial charge in [-0.15, -0.1) is 0 Å². The molecule has 0 spiro atoms. The molecule has 0 radical (unpaired) electrons. The van der Waals surface area contributed by atoms with Crippen molar-refractivity contribution >= 4 is 22.6 Å². The summed E-state index contributed by atoms with van der Waals surface area (Å²) in [6, 6.07) is 4.32. The van der Waals surface area contributed by atoms with Crippen LogP contribution in [0.4, 0.5) is 0 Å². The molecule has 0 atom stereocenters.